The van der Waals surface area contributed by atoms with Crippen molar-refractivity contribution < 1.29 is 4.79 Å². The highest BCUT2D eigenvalue weighted by atomic mass is 16.1. The number of unbranched alkanes of at least 4 members (excludes halogenated alkanes) is 3. The van der Waals surface area contributed by atoms with Crippen LogP contribution in [0.25, 0.3) is 0 Å². The smallest absolute Gasteiger partial charge is 0.220 e. The lowest BCUT2D eigenvalue weighted by Gasteiger charge is -2.45. The Labute approximate surface area is 162 Å². The van der Waals surface area contributed by atoms with E-state index in [1.54, 1.807) is 0 Å². The van der Waals surface area contributed by atoms with Crippen LogP contribution in [0, 0.1) is 5.92 Å². The molecule has 0 fully saturated rings. The van der Waals surface area contributed by atoms with Crippen molar-refractivity contribution in [3.63, 3.8) is 0 Å². The molecule has 3 heteroatoms. The second-order valence-corrected chi connectivity index (χ2v) is 8.04. The average Bonchev–Trinajstić information content (AvgIpc) is 2.72. The van der Waals surface area contributed by atoms with Gasteiger partial charge in [-0.25, -0.2) is 0 Å². The first kappa shape index (κ1) is 18.2. The molecule has 3 nitrogen and oxygen atoms in total. The van der Waals surface area contributed by atoms with Crippen molar-refractivity contribution in [1.29, 1.82) is 0 Å². The van der Waals surface area contributed by atoms with Crippen molar-refractivity contribution in [2.24, 2.45) is 11.7 Å². The van der Waals surface area contributed by atoms with Crippen molar-refractivity contribution >= 4 is 5.91 Å². The summed E-state index contributed by atoms with van der Waals surface area (Å²) >= 11 is 0. The summed E-state index contributed by atoms with van der Waals surface area (Å²) in [6.45, 7) is 1.53. The topological polar surface area (TPSA) is 55.1 Å². The van der Waals surface area contributed by atoms with E-state index in [9.17, 15) is 4.79 Å². The van der Waals surface area contributed by atoms with Gasteiger partial charge in [-0.15, -0.1) is 0 Å². The fourth-order valence-electron chi connectivity index (χ4n) is 5.08. The molecule has 0 saturated heterocycles. The Morgan fingerprint density at radius 1 is 0.889 bits per heavy atom. The molecular weight excluding hydrogens is 332 g/mol. The summed E-state index contributed by atoms with van der Waals surface area (Å²) in [6, 6.07) is 17.8. The first-order chi connectivity index (χ1) is 13.3. The molecule has 5 rings (SSSR count). The Kier molecular flexibility index (Phi) is 5.58. The van der Waals surface area contributed by atoms with E-state index in [2.05, 4.69) is 53.8 Å². The molecule has 142 valence electrons. The second-order valence-electron chi connectivity index (χ2n) is 8.04. The van der Waals surface area contributed by atoms with Crippen molar-refractivity contribution in [2.45, 2.75) is 50.4 Å². The highest BCUT2D eigenvalue weighted by Gasteiger charge is 2.42. The van der Waals surface area contributed by atoms with E-state index < -0.39 is 0 Å². The molecular formula is C24H30N2O. The molecule has 2 aromatic rings. The second kappa shape index (κ2) is 8.26. The van der Waals surface area contributed by atoms with Crippen LogP contribution in [0.15, 0.2) is 48.5 Å². The van der Waals surface area contributed by atoms with Crippen LogP contribution in [-0.4, -0.2) is 19.0 Å². The van der Waals surface area contributed by atoms with Crippen LogP contribution in [0.4, 0.5) is 0 Å². The van der Waals surface area contributed by atoms with Crippen molar-refractivity contribution in [3.05, 3.63) is 70.8 Å². The van der Waals surface area contributed by atoms with Gasteiger partial charge >= 0.3 is 0 Å². The number of fused-ring (bicyclic) bond motifs is 1. The lowest BCUT2D eigenvalue weighted by molar-refractivity contribution is -0.121. The van der Waals surface area contributed by atoms with Gasteiger partial charge in [-0.1, -0.05) is 61.4 Å². The number of hydrogen-bond acceptors (Lipinski definition) is 2. The quantitative estimate of drug-likeness (QED) is 0.688. The third-order valence-electron chi connectivity index (χ3n) is 6.34. The maximum Gasteiger partial charge on any atom is 0.220 e. The van der Waals surface area contributed by atoms with Crippen LogP contribution in [-0.2, 0) is 4.79 Å². The summed E-state index contributed by atoms with van der Waals surface area (Å²) < 4.78 is 0. The zero-order valence-corrected chi connectivity index (χ0v) is 16.0. The maximum absolute atomic E-state index is 12.3. The predicted molar refractivity (Wildman–Crippen MR) is 110 cm³/mol. The molecule has 27 heavy (non-hydrogen) atoms. The fraction of sp³-hybridized carbons (Fsp3) is 0.458. The molecule has 1 atom stereocenters. The lowest BCUT2D eigenvalue weighted by atomic mass is 9.59. The zero-order chi connectivity index (χ0) is 18.6. The number of benzene rings is 2. The van der Waals surface area contributed by atoms with Crippen molar-refractivity contribution in [1.82, 2.24) is 5.32 Å². The van der Waals surface area contributed by atoms with Gasteiger partial charge in [0.2, 0.25) is 5.91 Å². The molecule has 0 aromatic heterocycles. The van der Waals surface area contributed by atoms with Crippen LogP contribution >= 0.6 is 0 Å². The Morgan fingerprint density at radius 2 is 1.48 bits per heavy atom. The van der Waals surface area contributed by atoms with Gasteiger partial charge in [-0.05, 0) is 54.0 Å². The molecule has 2 bridgehead atoms. The van der Waals surface area contributed by atoms with Gasteiger partial charge in [0.05, 0.1) is 0 Å². The molecule has 0 heterocycles. The van der Waals surface area contributed by atoms with Crippen LogP contribution in [0.2, 0.25) is 0 Å². The molecule has 1 unspecified atom stereocenters. The largest absolute Gasteiger partial charge is 0.356 e. The van der Waals surface area contributed by atoms with Crippen LogP contribution < -0.4 is 11.1 Å². The molecule has 0 aliphatic heterocycles. The van der Waals surface area contributed by atoms with Gasteiger partial charge in [0.15, 0.2) is 0 Å². The van der Waals surface area contributed by atoms with E-state index in [0.717, 1.165) is 45.2 Å². The van der Waals surface area contributed by atoms with Gasteiger partial charge in [0.1, 0.15) is 0 Å². The molecule has 0 saturated carbocycles. The van der Waals surface area contributed by atoms with Crippen molar-refractivity contribution in [2.75, 3.05) is 13.1 Å². The number of nitrogens with one attached hydrogen (secondary N) is 1. The predicted octanol–water partition coefficient (Wildman–Crippen LogP) is 4.31. The van der Waals surface area contributed by atoms with Crippen molar-refractivity contribution in [3.8, 4) is 0 Å². The van der Waals surface area contributed by atoms with E-state index in [-0.39, 0.29) is 5.91 Å². The molecule has 3 aliphatic rings. The normalized spacial score (nSPS) is 22.2. The minimum Gasteiger partial charge on any atom is -0.356 e. The number of rotatable bonds is 8. The van der Waals surface area contributed by atoms with Crippen LogP contribution in [0.1, 0.15) is 72.6 Å². The number of amides is 1. The monoisotopic (exact) mass is 362 g/mol. The van der Waals surface area contributed by atoms with Gasteiger partial charge in [-0.3, -0.25) is 4.79 Å². The Morgan fingerprint density at radius 3 is 2.11 bits per heavy atom. The van der Waals surface area contributed by atoms with Gasteiger partial charge < -0.3 is 11.1 Å². The summed E-state index contributed by atoms with van der Waals surface area (Å²) in [7, 11) is 0. The third-order valence-corrected chi connectivity index (χ3v) is 6.34. The average molecular weight is 363 g/mol. The lowest BCUT2D eigenvalue weighted by Crippen LogP contribution is -2.39. The van der Waals surface area contributed by atoms with E-state index >= 15 is 0 Å². The third kappa shape index (κ3) is 3.66. The molecule has 0 radical (unpaired) electrons. The summed E-state index contributed by atoms with van der Waals surface area (Å²) in [5.74, 6) is 1.57. The van der Waals surface area contributed by atoms with Gasteiger partial charge in [0, 0.05) is 24.8 Å². The number of hydrogen-bond donors (Lipinski definition) is 2. The Hall–Kier alpha value is -2.13. The highest BCUT2D eigenvalue weighted by Crippen LogP contribution is 2.55. The highest BCUT2D eigenvalue weighted by molar-refractivity contribution is 5.75. The molecule has 2 aromatic carbocycles. The number of carbonyl (C=O) groups excluding carboxylic acids is 1. The summed E-state index contributed by atoms with van der Waals surface area (Å²) in [6.07, 6.45) is 6.02. The Bertz CT molecular complexity index is 753. The molecule has 3 N–H and O–H groups in total. The standard InChI is InChI=1S/C24H30N2O/c25-14-8-2-1-3-13-23(27)26-16-17-15-22-18-9-4-6-11-20(18)24(17)21-12-7-5-10-19(21)22/h4-7,9-12,17,22,24H,1-3,8,13-16,25H2,(H,26,27). The van der Waals surface area contributed by atoms with Crippen LogP contribution in [0.3, 0.4) is 0 Å². The zero-order valence-electron chi connectivity index (χ0n) is 16.0. The summed E-state index contributed by atoms with van der Waals surface area (Å²) in [4.78, 5) is 12.3. The molecule has 3 aliphatic carbocycles. The molecule has 1 amide bonds. The van der Waals surface area contributed by atoms with Crippen LogP contribution in [0.5, 0.6) is 0 Å². The SMILES string of the molecule is NCCCCCCC(=O)NCC1CC2c3ccccc3C1c1ccccc12. The summed E-state index contributed by atoms with van der Waals surface area (Å²) in [5, 5.41) is 3.23. The number of nitrogens with two attached hydrogens (primary N) is 1. The first-order valence-corrected chi connectivity index (χ1v) is 10.4. The van der Waals surface area contributed by atoms with E-state index in [1.165, 1.54) is 22.3 Å². The first-order valence-electron chi connectivity index (χ1n) is 10.4. The van der Waals surface area contributed by atoms with Gasteiger partial charge in [0.25, 0.3) is 0 Å². The van der Waals surface area contributed by atoms with E-state index in [1.807, 2.05) is 0 Å². The summed E-state index contributed by atoms with van der Waals surface area (Å²) in [5.41, 5.74) is 11.4. The Balaban J connectivity index is 1.41. The van der Waals surface area contributed by atoms with E-state index in [4.69, 9.17) is 5.73 Å². The fourth-order valence-corrected chi connectivity index (χ4v) is 5.08. The van der Waals surface area contributed by atoms with E-state index in [0.29, 0.717) is 24.2 Å². The minimum atomic E-state index is 0.200. The number of carbonyl (C=O) groups is 1. The molecule has 0 spiro atoms. The van der Waals surface area contributed by atoms with Gasteiger partial charge in [-0.2, -0.15) is 0 Å². The minimum absolute atomic E-state index is 0.200. The maximum atomic E-state index is 12.3.